The van der Waals surface area contributed by atoms with Crippen molar-refractivity contribution in [2.75, 3.05) is 26.3 Å². The number of nitrogens with zero attached hydrogens (tertiary/aromatic N) is 3. The molecule has 2 heterocycles. The summed E-state index contributed by atoms with van der Waals surface area (Å²) in [5.41, 5.74) is 2.32. The number of hydrogen-bond donors (Lipinski definition) is 1. The fourth-order valence-corrected chi connectivity index (χ4v) is 3.59. The molecule has 2 aliphatic rings. The van der Waals surface area contributed by atoms with E-state index in [9.17, 15) is 4.79 Å². The summed E-state index contributed by atoms with van der Waals surface area (Å²) in [7, 11) is 0. The summed E-state index contributed by atoms with van der Waals surface area (Å²) < 4.78 is 11.1. The second kappa shape index (κ2) is 9.39. The van der Waals surface area contributed by atoms with Gasteiger partial charge in [0.05, 0.1) is 12.5 Å². The minimum atomic E-state index is -0.0384. The van der Waals surface area contributed by atoms with Crippen LogP contribution in [-0.4, -0.2) is 47.4 Å². The number of aromatic nitrogens is 2. The number of amides is 2. The maximum absolute atomic E-state index is 12.6. The average Bonchev–Trinajstić information content (AvgIpc) is 3.46. The largest absolute Gasteiger partial charge is 0.381 e. The lowest BCUT2D eigenvalue weighted by Crippen LogP contribution is -2.44. The van der Waals surface area contributed by atoms with Crippen molar-refractivity contribution < 1.29 is 14.1 Å². The fraction of sp³-hybridized carbons (Fsp3) is 0.591. The first-order valence-electron chi connectivity index (χ1n) is 10.7. The van der Waals surface area contributed by atoms with Crippen molar-refractivity contribution in [3.05, 3.63) is 47.1 Å². The van der Waals surface area contributed by atoms with Gasteiger partial charge in [0.25, 0.3) is 0 Å². The summed E-state index contributed by atoms with van der Waals surface area (Å²) in [5, 5.41) is 7.11. The van der Waals surface area contributed by atoms with Crippen molar-refractivity contribution in [1.82, 2.24) is 20.4 Å². The van der Waals surface area contributed by atoms with Crippen molar-refractivity contribution in [3.63, 3.8) is 0 Å². The van der Waals surface area contributed by atoms with E-state index in [1.54, 1.807) is 0 Å². The molecule has 1 aromatic heterocycles. The van der Waals surface area contributed by atoms with E-state index in [2.05, 4.69) is 34.5 Å². The van der Waals surface area contributed by atoms with E-state index in [0.717, 1.165) is 37.5 Å². The van der Waals surface area contributed by atoms with Gasteiger partial charge in [0.15, 0.2) is 5.82 Å². The topological polar surface area (TPSA) is 80.5 Å². The van der Waals surface area contributed by atoms with E-state index >= 15 is 0 Å². The second-order valence-corrected chi connectivity index (χ2v) is 8.25. The standard InChI is InChI=1S/C22H30N4O3/c1-16-4-6-17(7-5-16)13-23-22(27)26-11-2-3-19(14-26)21-24-20(25-29-21)10-12-28-15-18-8-9-18/h4-7,18-19H,2-3,8-15H2,1H3,(H,23,27). The molecule has 0 radical (unpaired) electrons. The summed E-state index contributed by atoms with van der Waals surface area (Å²) in [6.45, 7) is 5.44. The molecule has 0 spiro atoms. The van der Waals surface area contributed by atoms with Gasteiger partial charge in [0.2, 0.25) is 5.89 Å². The van der Waals surface area contributed by atoms with Crippen LogP contribution in [0, 0.1) is 12.8 Å². The van der Waals surface area contributed by atoms with Crippen LogP contribution in [0.5, 0.6) is 0 Å². The van der Waals surface area contributed by atoms with Crippen LogP contribution < -0.4 is 5.32 Å². The molecule has 7 nitrogen and oxygen atoms in total. The summed E-state index contributed by atoms with van der Waals surface area (Å²) >= 11 is 0. The predicted molar refractivity (Wildman–Crippen MR) is 109 cm³/mol. The Morgan fingerprint density at radius 2 is 2.10 bits per heavy atom. The zero-order valence-electron chi connectivity index (χ0n) is 17.1. The molecule has 1 aromatic carbocycles. The zero-order chi connectivity index (χ0) is 20.1. The van der Waals surface area contributed by atoms with Gasteiger partial charge in [-0.3, -0.25) is 0 Å². The van der Waals surface area contributed by atoms with E-state index in [0.29, 0.717) is 37.8 Å². The molecule has 1 unspecified atom stereocenters. The Balaban J connectivity index is 1.24. The van der Waals surface area contributed by atoms with Gasteiger partial charge in [-0.05, 0) is 44.1 Å². The molecule has 0 bridgehead atoms. The minimum Gasteiger partial charge on any atom is -0.381 e. The normalized spacial score (nSPS) is 19.3. The number of aryl methyl sites for hydroxylation is 1. The number of benzene rings is 1. The van der Waals surface area contributed by atoms with Gasteiger partial charge in [-0.25, -0.2) is 4.79 Å². The van der Waals surface area contributed by atoms with Crippen molar-refractivity contribution >= 4 is 6.03 Å². The zero-order valence-corrected chi connectivity index (χ0v) is 17.1. The predicted octanol–water partition coefficient (Wildman–Crippen LogP) is 3.44. The number of urea groups is 1. The smallest absolute Gasteiger partial charge is 0.317 e. The molecule has 1 atom stereocenters. The molecule has 2 fully saturated rings. The molecule has 1 saturated heterocycles. The number of rotatable bonds is 8. The molecule has 156 valence electrons. The van der Waals surface area contributed by atoms with Gasteiger partial charge in [-0.1, -0.05) is 35.0 Å². The van der Waals surface area contributed by atoms with Gasteiger partial charge in [0, 0.05) is 32.7 Å². The van der Waals surface area contributed by atoms with Crippen LogP contribution in [0.2, 0.25) is 0 Å². The van der Waals surface area contributed by atoms with Crippen LogP contribution in [0.1, 0.15) is 54.4 Å². The number of hydrogen-bond acceptors (Lipinski definition) is 5. The molecular weight excluding hydrogens is 368 g/mol. The highest BCUT2D eigenvalue weighted by atomic mass is 16.5. The summed E-state index contributed by atoms with van der Waals surface area (Å²) in [5.74, 6) is 2.19. The van der Waals surface area contributed by atoms with Crippen molar-refractivity contribution in [2.45, 2.75) is 51.5 Å². The van der Waals surface area contributed by atoms with Gasteiger partial charge in [-0.15, -0.1) is 0 Å². The Hall–Kier alpha value is -2.41. The lowest BCUT2D eigenvalue weighted by Gasteiger charge is -2.31. The highest BCUT2D eigenvalue weighted by Crippen LogP contribution is 2.29. The SMILES string of the molecule is Cc1ccc(CNC(=O)N2CCCC(c3nc(CCOCC4CC4)no3)C2)cc1. The third-order valence-corrected chi connectivity index (χ3v) is 5.63. The molecule has 1 saturated carbocycles. The van der Waals surface area contributed by atoms with Crippen molar-refractivity contribution in [1.29, 1.82) is 0 Å². The minimum absolute atomic E-state index is 0.0384. The lowest BCUT2D eigenvalue weighted by atomic mass is 9.98. The molecule has 1 N–H and O–H groups in total. The first-order valence-corrected chi connectivity index (χ1v) is 10.7. The number of piperidine rings is 1. The number of carbonyl (C=O) groups excluding carboxylic acids is 1. The molecular formula is C22H30N4O3. The molecule has 2 amide bonds. The molecule has 4 rings (SSSR count). The fourth-order valence-electron chi connectivity index (χ4n) is 3.59. The number of nitrogens with one attached hydrogen (secondary N) is 1. The monoisotopic (exact) mass is 398 g/mol. The number of likely N-dealkylation sites (tertiary alicyclic amines) is 1. The van der Waals surface area contributed by atoms with Gasteiger partial charge < -0.3 is 19.5 Å². The Labute approximate surface area is 171 Å². The lowest BCUT2D eigenvalue weighted by molar-refractivity contribution is 0.125. The van der Waals surface area contributed by atoms with E-state index < -0.39 is 0 Å². The van der Waals surface area contributed by atoms with E-state index in [4.69, 9.17) is 9.26 Å². The van der Waals surface area contributed by atoms with E-state index in [-0.39, 0.29) is 11.9 Å². The van der Waals surface area contributed by atoms with Crippen LogP contribution >= 0.6 is 0 Å². The third-order valence-electron chi connectivity index (χ3n) is 5.63. The van der Waals surface area contributed by atoms with Gasteiger partial charge in [-0.2, -0.15) is 4.98 Å². The third kappa shape index (κ3) is 5.79. The van der Waals surface area contributed by atoms with Gasteiger partial charge in [0.1, 0.15) is 0 Å². The molecule has 29 heavy (non-hydrogen) atoms. The van der Waals surface area contributed by atoms with Crippen LogP contribution in [0.25, 0.3) is 0 Å². The summed E-state index contributed by atoms with van der Waals surface area (Å²) in [6.07, 6.45) is 5.16. The molecule has 7 heteroatoms. The molecule has 1 aliphatic heterocycles. The Morgan fingerprint density at radius 1 is 1.28 bits per heavy atom. The molecule has 2 aromatic rings. The van der Waals surface area contributed by atoms with E-state index in [1.807, 2.05) is 17.0 Å². The summed E-state index contributed by atoms with van der Waals surface area (Å²) in [6, 6.07) is 8.17. The first-order chi connectivity index (χ1) is 14.2. The number of ether oxygens (including phenoxy) is 1. The second-order valence-electron chi connectivity index (χ2n) is 8.25. The summed E-state index contributed by atoms with van der Waals surface area (Å²) in [4.78, 5) is 19.0. The van der Waals surface area contributed by atoms with Crippen molar-refractivity contribution in [3.8, 4) is 0 Å². The average molecular weight is 399 g/mol. The van der Waals surface area contributed by atoms with Crippen LogP contribution in [0.4, 0.5) is 4.79 Å². The number of carbonyl (C=O) groups is 1. The highest BCUT2D eigenvalue weighted by molar-refractivity contribution is 5.74. The van der Waals surface area contributed by atoms with E-state index in [1.165, 1.54) is 18.4 Å². The quantitative estimate of drug-likeness (QED) is 0.689. The molecule has 1 aliphatic carbocycles. The Morgan fingerprint density at radius 3 is 2.90 bits per heavy atom. The Bertz CT molecular complexity index is 801. The maximum Gasteiger partial charge on any atom is 0.317 e. The first kappa shape index (κ1) is 19.9. The van der Waals surface area contributed by atoms with Gasteiger partial charge >= 0.3 is 6.03 Å². The van der Waals surface area contributed by atoms with Crippen LogP contribution in [0.15, 0.2) is 28.8 Å². The van der Waals surface area contributed by atoms with Crippen molar-refractivity contribution in [2.24, 2.45) is 5.92 Å². The Kier molecular flexibility index (Phi) is 6.44. The highest BCUT2D eigenvalue weighted by Gasteiger charge is 2.28. The van der Waals surface area contributed by atoms with Crippen LogP contribution in [0.3, 0.4) is 0 Å². The van der Waals surface area contributed by atoms with Crippen LogP contribution in [-0.2, 0) is 17.7 Å². The maximum atomic E-state index is 12.6.